The minimum absolute atomic E-state index is 0.0868. The largest absolute Gasteiger partial charge is 0.424 e. The number of amides is 2. The van der Waals surface area contributed by atoms with Crippen LogP contribution < -0.4 is 17.2 Å². The number of benzene rings is 2. The summed E-state index contributed by atoms with van der Waals surface area (Å²) in [4.78, 5) is 33.6. The van der Waals surface area contributed by atoms with Gasteiger partial charge in [0.25, 0.3) is 11.9 Å². The number of rotatable bonds is 6. The molecule has 9 nitrogen and oxygen atoms in total. The molecule has 0 bridgehead atoms. The molecule has 0 saturated heterocycles. The molecule has 6 N–H and O–H groups in total. The molecule has 0 saturated carbocycles. The van der Waals surface area contributed by atoms with E-state index < -0.39 is 17.7 Å². The van der Waals surface area contributed by atoms with Crippen LogP contribution in [0.2, 0.25) is 0 Å². The summed E-state index contributed by atoms with van der Waals surface area (Å²) in [7, 11) is 0. The standard InChI is InChI=1S/C24H20N6O3/c25-22(31)16(10-13-4-2-1-3-5-13)20-21(23(26)32)30-12-15(7-9-19(30)29-20)14-6-8-18-17(11-14)28-24(27)33-18/h1-9,11-12,16H,10H2,(H2,25,31)(H2,26,32)(H2,27,28). The fourth-order valence-corrected chi connectivity index (χ4v) is 4.03. The Balaban J connectivity index is 1.63. The fourth-order valence-electron chi connectivity index (χ4n) is 4.03. The van der Waals surface area contributed by atoms with E-state index in [0.29, 0.717) is 23.2 Å². The van der Waals surface area contributed by atoms with E-state index in [4.69, 9.17) is 21.6 Å². The predicted molar refractivity (Wildman–Crippen MR) is 123 cm³/mol. The maximum absolute atomic E-state index is 12.5. The topological polar surface area (TPSA) is 156 Å². The second kappa shape index (κ2) is 7.79. The molecule has 0 spiro atoms. The smallest absolute Gasteiger partial charge is 0.292 e. The van der Waals surface area contributed by atoms with Crippen molar-refractivity contribution in [2.24, 2.45) is 11.5 Å². The Bertz CT molecular complexity index is 1520. The number of carbonyl (C=O) groups is 2. The Kier molecular flexibility index (Phi) is 4.78. The molecule has 1 atom stereocenters. The summed E-state index contributed by atoms with van der Waals surface area (Å²) in [5, 5.41) is 0. The van der Waals surface area contributed by atoms with Crippen LogP contribution in [0, 0.1) is 0 Å². The van der Waals surface area contributed by atoms with Gasteiger partial charge in [0.15, 0.2) is 5.58 Å². The van der Waals surface area contributed by atoms with Crippen molar-refractivity contribution in [1.82, 2.24) is 14.4 Å². The van der Waals surface area contributed by atoms with Gasteiger partial charge in [0.1, 0.15) is 16.9 Å². The first-order valence-electron chi connectivity index (χ1n) is 10.2. The van der Waals surface area contributed by atoms with E-state index in [9.17, 15) is 9.59 Å². The molecule has 3 aromatic heterocycles. The normalized spacial score (nSPS) is 12.2. The lowest BCUT2D eigenvalue weighted by molar-refractivity contribution is -0.119. The van der Waals surface area contributed by atoms with Gasteiger partial charge in [0, 0.05) is 6.20 Å². The van der Waals surface area contributed by atoms with Gasteiger partial charge in [0.2, 0.25) is 5.91 Å². The number of nitrogen functional groups attached to an aromatic ring is 1. The van der Waals surface area contributed by atoms with E-state index in [1.165, 1.54) is 0 Å². The van der Waals surface area contributed by atoms with Crippen LogP contribution in [-0.4, -0.2) is 26.2 Å². The Hall–Kier alpha value is -4.66. The van der Waals surface area contributed by atoms with Gasteiger partial charge in [-0.25, -0.2) is 4.98 Å². The Morgan fingerprint density at radius 2 is 1.73 bits per heavy atom. The number of pyridine rings is 1. The van der Waals surface area contributed by atoms with Crippen LogP contribution in [-0.2, 0) is 11.2 Å². The highest BCUT2D eigenvalue weighted by Gasteiger charge is 2.28. The van der Waals surface area contributed by atoms with E-state index in [-0.39, 0.29) is 17.4 Å². The third kappa shape index (κ3) is 3.65. The molecular weight excluding hydrogens is 420 g/mol. The number of hydrogen-bond acceptors (Lipinski definition) is 6. The Morgan fingerprint density at radius 3 is 2.45 bits per heavy atom. The lowest BCUT2D eigenvalue weighted by Crippen LogP contribution is -2.27. The van der Waals surface area contributed by atoms with Crippen molar-refractivity contribution >= 4 is 34.6 Å². The molecule has 0 aliphatic heterocycles. The van der Waals surface area contributed by atoms with Crippen molar-refractivity contribution in [3.05, 3.63) is 83.8 Å². The van der Waals surface area contributed by atoms with Gasteiger partial charge in [-0.05, 0) is 47.4 Å². The highest BCUT2D eigenvalue weighted by Crippen LogP contribution is 2.29. The number of fused-ring (bicyclic) bond motifs is 2. The highest BCUT2D eigenvalue weighted by atomic mass is 16.4. The average molecular weight is 440 g/mol. The number of hydrogen-bond donors (Lipinski definition) is 3. The number of aromatic nitrogens is 3. The summed E-state index contributed by atoms with van der Waals surface area (Å²) >= 11 is 0. The molecule has 5 aromatic rings. The van der Waals surface area contributed by atoms with E-state index in [1.807, 2.05) is 48.5 Å². The SMILES string of the molecule is NC(=O)c1c(C(Cc2ccccc2)C(N)=O)nc2ccc(-c3ccc4oc(N)nc4c3)cn12. The third-order valence-electron chi connectivity index (χ3n) is 5.57. The molecule has 2 aromatic carbocycles. The van der Waals surface area contributed by atoms with Gasteiger partial charge < -0.3 is 21.6 Å². The molecule has 3 heterocycles. The van der Waals surface area contributed by atoms with Crippen molar-refractivity contribution in [1.29, 1.82) is 0 Å². The molecule has 33 heavy (non-hydrogen) atoms. The van der Waals surface area contributed by atoms with E-state index in [2.05, 4.69) is 9.97 Å². The lowest BCUT2D eigenvalue weighted by atomic mass is 9.94. The number of imidazole rings is 1. The molecule has 0 aliphatic carbocycles. The van der Waals surface area contributed by atoms with Crippen LogP contribution in [0.15, 0.2) is 71.3 Å². The van der Waals surface area contributed by atoms with Gasteiger partial charge >= 0.3 is 0 Å². The molecular formula is C24H20N6O3. The van der Waals surface area contributed by atoms with Crippen molar-refractivity contribution in [3.63, 3.8) is 0 Å². The van der Waals surface area contributed by atoms with Gasteiger partial charge in [-0.1, -0.05) is 36.4 Å². The Morgan fingerprint density at radius 1 is 0.970 bits per heavy atom. The van der Waals surface area contributed by atoms with Crippen molar-refractivity contribution < 1.29 is 14.0 Å². The maximum atomic E-state index is 12.5. The summed E-state index contributed by atoms with van der Waals surface area (Å²) in [6, 6.07) is 18.6. The zero-order valence-corrected chi connectivity index (χ0v) is 17.4. The minimum Gasteiger partial charge on any atom is -0.424 e. The number of carbonyl (C=O) groups excluding carboxylic acids is 2. The molecule has 164 valence electrons. The van der Waals surface area contributed by atoms with Crippen LogP contribution in [0.3, 0.4) is 0 Å². The van der Waals surface area contributed by atoms with Crippen LogP contribution in [0.4, 0.5) is 6.01 Å². The van der Waals surface area contributed by atoms with E-state index in [0.717, 1.165) is 16.7 Å². The summed E-state index contributed by atoms with van der Waals surface area (Å²) in [5.41, 5.74) is 21.7. The first kappa shape index (κ1) is 20.3. The summed E-state index contributed by atoms with van der Waals surface area (Å²) < 4.78 is 6.92. The maximum Gasteiger partial charge on any atom is 0.292 e. The highest BCUT2D eigenvalue weighted by molar-refractivity contribution is 5.96. The number of anilines is 1. The molecule has 1 unspecified atom stereocenters. The molecule has 0 aliphatic rings. The summed E-state index contributed by atoms with van der Waals surface area (Å²) in [5.74, 6) is -2.10. The zero-order chi connectivity index (χ0) is 23.1. The fraction of sp³-hybridized carbons (Fsp3) is 0.0833. The van der Waals surface area contributed by atoms with Crippen LogP contribution >= 0.6 is 0 Å². The van der Waals surface area contributed by atoms with Gasteiger partial charge in [-0.15, -0.1) is 0 Å². The van der Waals surface area contributed by atoms with Crippen molar-refractivity contribution in [3.8, 4) is 11.1 Å². The Labute approximate surface area is 187 Å². The molecule has 2 amide bonds. The summed E-state index contributed by atoms with van der Waals surface area (Å²) in [6.07, 6.45) is 2.05. The number of nitrogens with zero attached hydrogens (tertiary/aromatic N) is 3. The van der Waals surface area contributed by atoms with Gasteiger partial charge in [0.05, 0.1) is 11.6 Å². The van der Waals surface area contributed by atoms with Crippen LogP contribution in [0.1, 0.15) is 27.7 Å². The number of nitrogens with two attached hydrogens (primary N) is 3. The molecule has 9 heteroatoms. The van der Waals surface area contributed by atoms with E-state index >= 15 is 0 Å². The van der Waals surface area contributed by atoms with Crippen molar-refractivity contribution in [2.45, 2.75) is 12.3 Å². The molecule has 0 radical (unpaired) electrons. The first-order chi connectivity index (χ1) is 15.9. The predicted octanol–water partition coefficient (Wildman–Crippen LogP) is 2.64. The second-order valence-electron chi connectivity index (χ2n) is 7.74. The van der Waals surface area contributed by atoms with Crippen LogP contribution in [0.5, 0.6) is 0 Å². The van der Waals surface area contributed by atoms with Crippen LogP contribution in [0.25, 0.3) is 27.9 Å². The molecule has 5 rings (SSSR count). The average Bonchev–Trinajstić information content (AvgIpc) is 3.36. The lowest BCUT2D eigenvalue weighted by Gasteiger charge is -2.12. The van der Waals surface area contributed by atoms with Crippen molar-refractivity contribution in [2.75, 3.05) is 5.73 Å². The second-order valence-corrected chi connectivity index (χ2v) is 7.74. The third-order valence-corrected chi connectivity index (χ3v) is 5.57. The van der Waals surface area contributed by atoms with E-state index in [1.54, 1.807) is 22.7 Å². The zero-order valence-electron chi connectivity index (χ0n) is 17.4. The monoisotopic (exact) mass is 440 g/mol. The number of oxazole rings is 1. The molecule has 0 fully saturated rings. The van der Waals surface area contributed by atoms with Gasteiger partial charge in [-0.2, -0.15) is 4.98 Å². The quantitative estimate of drug-likeness (QED) is 0.368. The first-order valence-corrected chi connectivity index (χ1v) is 10.2. The minimum atomic E-state index is -0.812. The van der Waals surface area contributed by atoms with Gasteiger partial charge in [-0.3, -0.25) is 14.0 Å². The number of primary amides is 2. The summed E-state index contributed by atoms with van der Waals surface area (Å²) in [6.45, 7) is 0.